The van der Waals surface area contributed by atoms with Gasteiger partial charge in [-0.05, 0) is 17.7 Å². The number of morpholine rings is 1. The molecule has 5 nitrogen and oxygen atoms in total. The summed E-state index contributed by atoms with van der Waals surface area (Å²) in [5.41, 5.74) is 0.204. The van der Waals surface area contributed by atoms with E-state index in [9.17, 15) is 13.2 Å². The summed E-state index contributed by atoms with van der Waals surface area (Å²) in [7, 11) is 3.43. The summed E-state index contributed by atoms with van der Waals surface area (Å²) < 4.78 is 43.6. The maximum Gasteiger partial charge on any atom is 0.416 e. The lowest BCUT2D eigenvalue weighted by Gasteiger charge is -2.35. The van der Waals surface area contributed by atoms with Gasteiger partial charge in [0.25, 0.3) is 0 Å². The zero-order chi connectivity index (χ0) is 17.6. The number of alkyl halides is 3. The van der Waals surface area contributed by atoms with Gasteiger partial charge >= 0.3 is 6.18 Å². The summed E-state index contributed by atoms with van der Waals surface area (Å²) in [5, 5.41) is 6.13. The van der Waals surface area contributed by atoms with E-state index in [2.05, 4.69) is 20.5 Å². The first-order chi connectivity index (χ1) is 11.5. The highest BCUT2D eigenvalue weighted by molar-refractivity contribution is 5.79. The average molecular weight is 344 g/mol. The highest BCUT2D eigenvalue weighted by Crippen LogP contribution is 2.31. The molecule has 8 heteroatoms. The molecule has 0 saturated carbocycles. The van der Waals surface area contributed by atoms with Crippen LogP contribution in [-0.2, 0) is 10.9 Å². The number of guanidine groups is 1. The molecule has 1 saturated heterocycles. The van der Waals surface area contributed by atoms with E-state index in [0.29, 0.717) is 25.7 Å². The summed E-state index contributed by atoms with van der Waals surface area (Å²) in [5.74, 6) is 0.639. The molecule has 134 valence electrons. The Bertz CT molecular complexity index is 539. The van der Waals surface area contributed by atoms with Gasteiger partial charge in [-0.3, -0.25) is 9.89 Å². The number of nitrogens with zero attached hydrogens (tertiary/aromatic N) is 2. The number of nitrogens with one attached hydrogen (secondary N) is 2. The van der Waals surface area contributed by atoms with Crippen molar-refractivity contribution in [1.29, 1.82) is 0 Å². The highest BCUT2D eigenvalue weighted by atomic mass is 19.4. The molecule has 0 aromatic heterocycles. The summed E-state index contributed by atoms with van der Waals surface area (Å²) in [4.78, 5) is 6.28. The molecule has 0 spiro atoms. The Kier molecular flexibility index (Phi) is 6.44. The maximum atomic E-state index is 12.8. The van der Waals surface area contributed by atoms with Crippen molar-refractivity contribution >= 4 is 5.96 Å². The van der Waals surface area contributed by atoms with E-state index in [1.165, 1.54) is 0 Å². The van der Waals surface area contributed by atoms with Crippen LogP contribution in [0.2, 0.25) is 0 Å². The Balaban J connectivity index is 2.17. The molecule has 1 aromatic rings. The van der Waals surface area contributed by atoms with E-state index >= 15 is 0 Å². The second-order valence-corrected chi connectivity index (χ2v) is 5.49. The van der Waals surface area contributed by atoms with E-state index in [1.54, 1.807) is 26.2 Å². The zero-order valence-electron chi connectivity index (χ0n) is 13.9. The SMILES string of the molecule is CN=C(NC)NC[C@@H](c1ccc(C(F)(F)F)cc1)N1CCOCC1. The summed E-state index contributed by atoms with van der Waals surface area (Å²) in [6, 6.07) is 5.31. The van der Waals surface area contributed by atoms with E-state index in [4.69, 9.17) is 4.74 Å². The molecule has 24 heavy (non-hydrogen) atoms. The van der Waals surface area contributed by atoms with Crippen LogP contribution < -0.4 is 10.6 Å². The molecule has 1 aliphatic rings. The highest BCUT2D eigenvalue weighted by Gasteiger charge is 2.31. The van der Waals surface area contributed by atoms with Crippen LogP contribution in [0.15, 0.2) is 29.3 Å². The number of benzene rings is 1. The van der Waals surface area contributed by atoms with Crippen LogP contribution in [0.1, 0.15) is 17.2 Å². The first-order valence-electron chi connectivity index (χ1n) is 7.83. The van der Waals surface area contributed by atoms with Crippen LogP contribution in [-0.4, -0.2) is 57.8 Å². The predicted molar refractivity (Wildman–Crippen MR) is 87.0 cm³/mol. The van der Waals surface area contributed by atoms with Crippen molar-refractivity contribution in [3.63, 3.8) is 0 Å². The van der Waals surface area contributed by atoms with Crippen LogP contribution in [0, 0.1) is 0 Å². The van der Waals surface area contributed by atoms with Crippen LogP contribution in [0.5, 0.6) is 0 Å². The van der Waals surface area contributed by atoms with E-state index in [1.807, 2.05) is 0 Å². The number of aliphatic imine (C=N–C) groups is 1. The van der Waals surface area contributed by atoms with Crippen molar-refractivity contribution in [1.82, 2.24) is 15.5 Å². The first kappa shape index (κ1) is 18.5. The number of hydrogen-bond acceptors (Lipinski definition) is 3. The van der Waals surface area contributed by atoms with Gasteiger partial charge in [0.1, 0.15) is 0 Å². The lowest BCUT2D eigenvalue weighted by atomic mass is 10.0. The Morgan fingerprint density at radius 1 is 1.25 bits per heavy atom. The molecule has 1 atom stereocenters. The topological polar surface area (TPSA) is 48.9 Å². The van der Waals surface area contributed by atoms with Gasteiger partial charge in [-0.25, -0.2) is 0 Å². The number of halogens is 3. The van der Waals surface area contributed by atoms with Crippen molar-refractivity contribution in [2.24, 2.45) is 4.99 Å². The van der Waals surface area contributed by atoms with Crippen molar-refractivity contribution in [2.75, 3.05) is 46.9 Å². The van der Waals surface area contributed by atoms with Crippen LogP contribution >= 0.6 is 0 Å². The van der Waals surface area contributed by atoms with E-state index in [0.717, 1.165) is 30.8 Å². The molecule has 0 aliphatic carbocycles. The summed E-state index contributed by atoms with van der Waals surface area (Å²) in [6.07, 6.45) is -4.32. The molecule has 1 heterocycles. The fourth-order valence-electron chi connectivity index (χ4n) is 2.71. The minimum atomic E-state index is -4.32. The molecule has 2 N–H and O–H groups in total. The van der Waals surface area contributed by atoms with E-state index < -0.39 is 11.7 Å². The second-order valence-electron chi connectivity index (χ2n) is 5.49. The Hall–Kier alpha value is -1.80. The van der Waals surface area contributed by atoms with Gasteiger partial charge in [-0.1, -0.05) is 12.1 Å². The molecule has 1 aliphatic heterocycles. The van der Waals surface area contributed by atoms with Crippen LogP contribution in [0.3, 0.4) is 0 Å². The molecule has 1 aromatic carbocycles. The van der Waals surface area contributed by atoms with Gasteiger partial charge in [-0.15, -0.1) is 0 Å². The fraction of sp³-hybridized carbons (Fsp3) is 0.562. The Morgan fingerprint density at radius 3 is 2.38 bits per heavy atom. The number of hydrogen-bond donors (Lipinski definition) is 2. The van der Waals surface area contributed by atoms with Gasteiger partial charge in [-0.2, -0.15) is 13.2 Å². The van der Waals surface area contributed by atoms with Crippen molar-refractivity contribution in [3.8, 4) is 0 Å². The van der Waals surface area contributed by atoms with Crippen molar-refractivity contribution in [3.05, 3.63) is 35.4 Å². The monoisotopic (exact) mass is 344 g/mol. The molecule has 2 rings (SSSR count). The minimum absolute atomic E-state index is 0.0544. The lowest BCUT2D eigenvalue weighted by molar-refractivity contribution is -0.137. The minimum Gasteiger partial charge on any atom is -0.379 e. The van der Waals surface area contributed by atoms with Crippen molar-refractivity contribution < 1.29 is 17.9 Å². The molecule has 1 fully saturated rings. The molecular formula is C16H23F3N4O. The van der Waals surface area contributed by atoms with Gasteiger partial charge in [0, 0.05) is 33.7 Å². The first-order valence-corrected chi connectivity index (χ1v) is 7.83. The van der Waals surface area contributed by atoms with Crippen molar-refractivity contribution in [2.45, 2.75) is 12.2 Å². The standard InChI is InChI=1S/C16H23F3N4O/c1-20-15(21-2)22-11-14(23-7-9-24-10-8-23)12-3-5-13(6-4-12)16(17,18)19/h3-6,14H,7-11H2,1-2H3,(H2,20,21,22)/t14-/m0/s1. The quantitative estimate of drug-likeness (QED) is 0.647. The number of rotatable bonds is 4. The van der Waals surface area contributed by atoms with Crippen LogP contribution in [0.25, 0.3) is 0 Å². The molecule has 0 bridgehead atoms. The Morgan fingerprint density at radius 2 is 1.88 bits per heavy atom. The fourth-order valence-corrected chi connectivity index (χ4v) is 2.71. The van der Waals surface area contributed by atoms with Gasteiger partial charge in [0.2, 0.25) is 0 Å². The summed E-state index contributed by atoms with van der Waals surface area (Å²) >= 11 is 0. The largest absolute Gasteiger partial charge is 0.416 e. The molecule has 0 amide bonds. The van der Waals surface area contributed by atoms with Gasteiger partial charge < -0.3 is 15.4 Å². The lowest BCUT2D eigenvalue weighted by Crippen LogP contribution is -2.45. The average Bonchev–Trinajstić information content (AvgIpc) is 2.59. The second kappa shape index (κ2) is 8.34. The zero-order valence-corrected chi connectivity index (χ0v) is 13.9. The van der Waals surface area contributed by atoms with Gasteiger partial charge in [0.15, 0.2) is 5.96 Å². The molecular weight excluding hydrogens is 321 g/mol. The van der Waals surface area contributed by atoms with Crippen LogP contribution in [0.4, 0.5) is 13.2 Å². The third kappa shape index (κ3) is 4.85. The molecule has 0 radical (unpaired) electrons. The maximum absolute atomic E-state index is 12.8. The van der Waals surface area contributed by atoms with E-state index in [-0.39, 0.29) is 6.04 Å². The van der Waals surface area contributed by atoms with Gasteiger partial charge in [0.05, 0.1) is 24.8 Å². The number of ether oxygens (including phenoxy) is 1. The Labute approximate surface area is 139 Å². The third-order valence-corrected chi connectivity index (χ3v) is 4.03. The smallest absolute Gasteiger partial charge is 0.379 e. The summed E-state index contributed by atoms with van der Waals surface area (Å²) in [6.45, 7) is 3.27. The predicted octanol–water partition coefficient (Wildman–Crippen LogP) is 1.87. The normalized spacial score (nSPS) is 18.3. The third-order valence-electron chi connectivity index (χ3n) is 4.03. The molecule has 0 unspecified atom stereocenters.